The van der Waals surface area contributed by atoms with Crippen molar-refractivity contribution in [2.45, 2.75) is 19.4 Å². The van der Waals surface area contributed by atoms with E-state index in [4.69, 9.17) is 9.47 Å². The number of amides is 2. The molecule has 0 aliphatic rings. The van der Waals surface area contributed by atoms with Gasteiger partial charge in [-0.3, -0.25) is 14.6 Å². The lowest BCUT2D eigenvalue weighted by atomic mass is 10.2. The number of hydrogen-bond acceptors (Lipinski definition) is 5. The van der Waals surface area contributed by atoms with Gasteiger partial charge in [-0.2, -0.15) is 0 Å². The molecule has 2 N–H and O–H groups in total. The summed E-state index contributed by atoms with van der Waals surface area (Å²) >= 11 is 0. The average Bonchev–Trinajstić information content (AvgIpc) is 2.69. The van der Waals surface area contributed by atoms with Crippen LogP contribution in [0.4, 0.5) is 0 Å². The first-order valence-corrected chi connectivity index (χ1v) is 8.31. The fourth-order valence-corrected chi connectivity index (χ4v) is 2.35. The first kappa shape index (κ1) is 19.2. The third-order valence-electron chi connectivity index (χ3n) is 3.76. The first-order chi connectivity index (χ1) is 12.6. The number of carbonyl (C=O) groups is 2. The van der Waals surface area contributed by atoms with Crippen LogP contribution in [0.25, 0.3) is 0 Å². The van der Waals surface area contributed by atoms with Crippen molar-refractivity contribution in [3.63, 3.8) is 0 Å². The molecule has 0 atom stereocenters. The SMILES string of the molecule is COc1ccc(CNC(=O)C(=O)NCCCc2ccccn2)c(OC)c1. The van der Waals surface area contributed by atoms with Gasteiger partial charge in [-0.05, 0) is 37.1 Å². The standard InChI is InChI=1S/C19H23N3O4/c1-25-16-9-8-14(17(12-16)26-2)13-22-19(24)18(23)21-11-5-7-15-6-3-4-10-20-15/h3-4,6,8-10,12H,5,7,11,13H2,1-2H3,(H,21,23)(H,22,24). The van der Waals surface area contributed by atoms with Crippen molar-refractivity contribution in [2.24, 2.45) is 0 Å². The second kappa shape index (κ2) is 10.0. The van der Waals surface area contributed by atoms with Gasteiger partial charge in [0.25, 0.3) is 0 Å². The van der Waals surface area contributed by atoms with Crippen LogP contribution in [0.3, 0.4) is 0 Å². The molecule has 0 aliphatic heterocycles. The van der Waals surface area contributed by atoms with Gasteiger partial charge in [0.05, 0.1) is 14.2 Å². The molecule has 0 aliphatic carbocycles. The summed E-state index contributed by atoms with van der Waals surface area (Å²) in [5.74, 6) is -0.0952. The van der Waals surface area contributed by atoms with E-state index >= 15 is 0 Å². The van der Waals surface area contributed by atoms with Crippen LogP contribution in [0.1, 0.15) is 17.7 Å². The number of nitrogens with zero attached hydrogens (tertiary/aromatic N) is 1. The average molecular weight is 357 g/mol. The topological polar surface area (TPSA) is 89.5 Å². The molecule has 2 rings (SSSR count). The molecule has 0 bridgehead atoms. The highest BCUT2D eigenvalue weighted by Crippen LogP contribution is 2.24. The van der Waals surface area contributed by atoms with E-state index in [0.717, 1.165) is 17.7 Å². The van der Waals surface area contributed by atoms with Crippen LogP contribution < -0.4 is 20.1 Å². The number of pyridine rings is 1. The fraction of sp³-hybridized carbons (Fsp3) is 0.316. The van der Waals surface area contributed by atoms with Crippen LogP contribution in [0.15, 0.2) is 42.6 Å². The van der Waals surface area contributed by atoms with Crippen LogP contribution in [-0.2, 0) is 22.6 Å². The Hall–Kier alpha value is -3.09. The number of carbonyl (C=O) groups excluding carboxylic acids is 2. The molecule has 0 saturated heterocycles. The minimum atomic E-state index is -0.680. The van der Waals surface area contributed by atoms with Crippen LogP contribution in [0, 0.1) is 0 Å². The van der Waals surface area contributed by atoms with Crippen LogP contribution in [0.5, 0.6) is 11.5 Å². The fourth-order valence-electron chi connectivity index (χ4n) is 2.35. The molecule has 2 aromatic rings. The van der Waals surface area contributed by atoms with Crippen molar-refractivity contribution in [1.82, 2.24) is 15.6 Å². The number of rotatable bonds is 8. The quantitative estimate of drug-likeness (QED) is 0.552. The lowest BCUT2D eigenvalue weighted by Crippen LogP contribution is -2.40. The summed E-state index contributed by atoms with van der Waals surface area (Å²) in [6.45, 7) is 0.599. The number of methoxy groups -OCH3 is 2. The molecular formula is C19H23N3O4. The Morgan fingerprint density at radius 1 is 1.04 bits per heavy atom. The van der Waals surface area contributed by atoms with Gasteiger partial charge in [-0.1, -0.05) is 6.07 Å². The molecule has 1 aromatic heterocycles. The zero-order chi connectivity index (χ0) is 18.8. The molecule has 1 aromatic carbocycles. The van der Waals surface area contributed by atoms with Crippen molar-refractivity contribution in [3.05, 3.63) is 53.9 Å². The van der Waals surface area contributed by atoms with Crippen molar-refractivity contribution in [3.8, 4) is 11.5 Å². The predicted molar refractivity (Wildman–Crippen MR) is 97.0 cm³/mol. The highest BCUT2D eigenvalue weighted by atomic mass is 16.5. The predicted octanol–water partition coefficient (Wildman–Crippen LogP) is 1.46. The van der Waals surface area contributed by atoms with Gasteiger partial charge in [0.1, 0.15) is 11.5 Å². The third-order valence-corrected chi connectivity index (χ3v) is 3.76. The maximum absolute atomic E-state index is 11.9. The molecule has 0 radical (unpaired) electrons. The minimum absolute atomic E-state index is 0.188. The van der Waals surface area contributed by atoms with Crippen LogP contribution in [0.2, 0.25) is 0 Å². The summed E-state index contributed by atoms with van der Waals surface area (Å²) in [6.07, 6.45) is 3.18. The monoisotopic (exact) mass is 357 g/mol. The molecule has 26 heavy (non-hydrogen) atoms. The first-order valence-electron chi connectivity index (χ1n) is 8.31. The van der Waals surface area contributed by atoms with Gasteiger partial charge in [0, 0.05) is 36.6 Å². The van der Waals surface area contributed by atoms with Crippen LogP contribution in [-0.4, -0.2) is 37.6 Å². The third kappa shape index (κ3) is 5.77. The molecule has 0 unspecified atom stereocenters. The number of hydrogen-bond donors (Lipinski definition) is 2. The van der Waals surface area contributed by atoms with E-state index in [1.54, 1.807) is 31.5 Å². The van der Waals surface area contributed by atoms with Gasteiger partial charge in [0.15, 0.2) is 0 Å². The second-order valence-corrected chi connectivity index (χ2v) is 5.54. The second-order valence-electron chi connectivity index (χ2n) is 5.54. The number of ether oxygens (including phenoxy) is 2. The summed E-state index contributed by atoms with van der Waals surface area (Å²) in [5, 5.41) is 5.19. The van der Waals surface area contributed by atoms with Crippen molar-refractivity contribution in [1.29, 1.82) is 0 Å². The Bertz CT molecular complexity index is 735. The zero-order valence-corrected chi connectivity index (χ0v) is 15.0. The zero-order valence-electron chi connectivity index (χ0n) is 15.0. The summed E-state index contributed by atoms with van der Waals surface area (Å²) in [7, 11) is 3.10. The van der Waals surface area contributed by atoms with Gasteiger partial charge < -0.3 is 20.1 Å². The Morgan fingerprint density at radius 3 is 2.54 bits per heavy atom. The molecular weight excluding hydrogens is 334 g/mol. The van der Waals surface area contributed by atoms with Crippen LogP contribution >= 0.6 is 0 Å². The van der Waals surface area contributed by atoms with E-state index in [2.05, 4.69) is 15.6 Å². The highest BCUT2D eigenvalue weighted by molar-refractivity contribution is 6.35. The molecule has 7 heteroatoms. The lowest BCUT2D eigenvalue weighted by Gasteiger charge is -2.11. The van der Waals surface area contributed by atoms with E-state index in [1.165, 1.54) is 7.11 Å². The number of benzene rings is 1. The summed E-state index contributed by atoms with van der Waals surface area (Å²) in [5.41, 5.74) is 1.71. The molecule has 7 nitrogen and oxygen atoms in total. The van der Waals surface area contributed by atoms with E-state index in [1.807, 2.05) is 18.2 Å². The number of aromatic nitrogens is 1. The smallest absolute Gasteiger partial charge is 0.309 e. The Kier molecular flexibility index (Phi) is 7.42. The Morgan fingerprint density at radius 2 is 1.85 bits per heavy atom. The Balaban J connectivity index is 1.74. The summed E-state index contributed by atoms with van der Waals surface area (Å²) < 4.78 is 10.4. The van der Waals surface area contributed by atoms with E-state index in [-0.39, 0.29) is 6.54 Å². The van der Waals surface area contributed by atoms with Gasteiger partial charge in [-0.15, -0.1) is 0 Å². The number of nitrogens with one attached hydrogen (secondary N) is 2. The molecule has 1 heterocycles. The summed E-state index contributed by atoms with van der Waals surface area (Å²) in [4.78, 5) is 28.0. The van der Waals surface area contributed by atoms with Crippen molar-refractivity contribution < 1.29 is 19.1 Å². The normalized spacial score (nSPS) is 10.1. The molecule has 138 valence electrons. The summed E-state index contributed by atoms with van der Waals surface area (Å²) in [6, 6.07) is 11.0. The van der Waals surface area contributed by atoms with Gasteiger partial charge in [0.2, 0.25) is 0 Å². The Labute approximate surface area is 152 Å². The maximum Gasteiger partial charge on any atom is 0.309 e. The maximum atomic E-state index is 11.9. The molecule has 0 saturated carbocycles. The van der Waals surface area contributed by atoms with E-state index in [9.17, 15) is 9.59 Å². The molecule has 0 fully saturated rings. The lowest BCUT2D eigenvalue weighted by molar-refractivity contribution is -0.139. The minimum Gasteiger partial charge on any atom is -0.497 e. The van der Waals surface area contributed by atoms with Crippen molar-refractivity contribution >= 4 is 11.8 Å². The largest absolute Gasteiger partial charge is 0.497 e. The van der Waals surface area contributed by atoms with E-state index in [0.29, 0.717) is 24.5 Å². The molecule has 0 spiro atoms. The molecule has 2 amide bonds. The van der Waals surface area contributed by atoms with Crippen molar-refractivity contribution in [2.75, 3.05) is 20.8 Å². The highest BCUT2D eigenvalue weighted by Gasteiger charge is 2.13. The van der Waals surface area contributed by atoms with Gasteiger partial charge in [-0.25, -0.2) is 0 Å². The van der Waals surface area contributed by atoms with Gasteiger partial charge >= 0.3 is 11.8 Å². The van der Waals surface area contributed by atoms with E-state index < -0.39 is 11.8 Å². The number of aryl methyl sites for hydroxylation is 1.